The molecule has 1 unspecified atom stereocenters. The third-order valence-corrected chi connectivity index (χ3v) is 6.15. The Kier molecular flexibility index (Phi) is 8.17. The van der Waals surface area contributed by atoms with Gasteiger partial charge >= 0.3 is 0 Å². The third-order valence-electron chi connectivity index (χ3n) is 5.74. The van der Waals surface area contributed by atoms with Crippen LogP contribution in [0.15, 0.2) is 36.4 Å². The number of unbranched alkanes of at least 4 members (excludes halogenated alkanes) is 4. The standard InChI is InChI=1S/C24H35P/c1-18-12-10-15-22(20(18)3)24(14-8-6-5-7-9-17-25)23-16-11-13-19(2)21(23)4/h10-13,15-16,24H,5-9,14,17,25H2,1-4H3. The van der Waals surface area contributed by atoms with Gasteiger partial charge in [-0.25, -0.2) is 0 Å². The lowest BCUT2D eigenvalue weighted by atomic mass is 9.81. The van der Waals surface area contributed by atoms with E-state index in [2.05, 4.69) is 73.3 Å². The number of hydrogen-bond donors (Lipinski definition) is 0. The molecule has 0 nitrogen and oxygen atoms in total. The van der Waals surface area contributed by atoms with Gasteiger partial charge in [-0.2, -0.15) is 0 Å². The Labute approximate surface area is 157 Å². The summed E-state index contributed by atoms with van der Waals surface area (Å²) in [6.07, 6.45) is 9.28. The first kappa shape index (κ1) is 20.2. The maximum Gasteiger partial charge on any atom is 0.00947 e. The summed E-state index contributed by atoms with van der Waals surface area (Å²) in [7, 11) is 2.84. The first-order valence-electron chi connectivity index (χ1n) is 9.88. The van der Waals surface area contributed by atoms with Crippen molar-refractivity contribution in [2.75, 3.05) is 6.16 Å². The predicted octanol–water partition coefficient (Wildman–Crippen LogP) is 7.27. The summed E-state index contributed by atoms with van der Waals surface area (Å²) in [5, 5.41) is 0. The Hall–Kier alpha value is -1.13. The fourth-order valence-corrected chi connectivity index (χ4v) is 4.09. The minimum absolute atomic E-state index is 0.529. The van der Waals surface area contributed by atoms with Gasteiger partial charge < -0.3 is 0 Å². The van der Waals surface area contributed by atoms with Crippen LogP contribution in [0.3, 0.4) is 0 Å². The Morgan fingerprint density at radius 1 is 0.680 bits per heavy atom. The molecule has 0 aromatic heterocycles. The molecule has 0 bridgehead atoms. The zero-order chi connectivity index (χ0) is 18.2. The van der Waals surface area contributed by atoms with Crippen LogP contribution in [0.5, 0.6) is 0 Å². The van der Waals surface area contributed by atoms with Crippen LogP contribution >= 0.6 is 9.24 Å². The van der Waals surface area contributed by atoms with Gasteiger partial charge in [-0.15, -0.1) is 9.24 Å². The lowest BCUT2D eigenvalue weighted by Crippen LogP contribution is -2.07. The van der Waals surface area contributed by atoms with Gasteiger partial charge in [0.2, 0.25) is 0 Å². The minimum Gasteiger partial charge on any atom is -0.138 e. The van der Waals surface area contributed by atoms with E-state index >= 15 is 0 Å². The van der Waals surface area contributed by atoms with E-state index in [4.69, 9.17) is 0 Å². The third kappa shape index (κ3) is 5.42. The molecule has 0 aliphatic carbocycles. The molecule has 1 heteroatoms. The Balaban J connectivity index is 2.23. The van der Waals surface area contributed by atoms with Gasteiger partial charge in [-0.05, 0) is 80.1 Å². The Morgan fingerprint density at radius 2 is 1.16 bits per heavy atom. The highest BCUT2D eigenvalue weighted by Gasteiger charge is 2.19. The monoisotopic (exact) mass is 354 g/mol. The van der Waals surface area contributed by atoms with Crippen molar-refractivity contribution < 1.29 is 0 Å². The van der Waals surface area contributed by atoms with Crippen molar-refractivity contribution >= 4 is 9.24 Å². The molecule has 1 atom stereocenters. The smallest absolute Gasteiger partial charge is 0.00947 e. The van der Waals surface area contributed by atoms with E-state index < -0.39 is 0 Å². The van der Waals surface area contributed by atoms with E-state index in [0.717, 1.165) is 0 Å². The molecule has 0 aliphatic rings. The lowest BCUT2D eigenvalue weighted by Gasteiger charge is -2.24. The van der Waals surface area contributed by atoms with Gasteiger partial charge in [-0.1, -0.05) is 62.1 Å². The van der Waals surface area contributed by atoms with Gasteiger partial charge in [0.25, 0.3) is 0 Å². The fraction of sp³-hybridized carbons (Fsp3) is 0.500. The van der Waals surface area contributed by atoms with Crippen LogP contribution in [0.25, 0.3) is 0 Å². The van der Waals surface area contributed by atoms with Gasteiger partial charge in [0.15, 0.2) is 0 Å². The van der Waals surface area contributed by atoms with Gasteiger partial charge in [-0.3, -0.25) is 0 Å². The van der Waals surface area contributed by atoms with Crippen LogP contribution in [0.4, 0.5) is 0 Å². The molecular formula is C24H35P. The number of aryl methyl sites for hydroxylation is 2. The zero-order valence-corrected chi connectivity index (χ0v) is 17.7. The average Bonchev–Trinajstić information content (AvgIpc) is 2.60. The maximum absolute atomic E-state index is 2.84. The van der Waals surface area contributed by atoms with E-state index in [9.17, 15) is 0 Å². The van der Waals surface area contributed by atoms with Crippen LogP contribution in [-0.2, 0) is 0 Å². The fourth-order valence-electron chi connectivity index (χ4n) is 3.80. The lowest BCUT2D eigenvalue weighted by molar-refractivity contribution is 0.579. The second-order valence-corrected chi connectivity index (χ2v) is 8.05. The minimum atomic E-state index is 0.529. The molecule has 0 heterocycles. The molecule has 0 saturated heterocycles. The van der Waals surface area contributed by atoms with Crippen molar-refractivity contribution in [2.45, 2.75) is 72.1 Å². The summed E-state index contributed by atoms with van der Waals surface area (Å²) in [4.78, 5) is 0. The van der Waals surface area contributed by atoms with Crippen LogP contribution in [0.2, 0.25) is 0 Å². The summed E-state index contributed by atoms with van der Waals surface area (Å²) < 4.78 is 0. The van der Waals surface area contributed by atoms with Gasteiger partial charge in [0.1, 0.15) is 0 Å². The molecule has 2 aromatic rings. The van der Waals surface area contributed by atoms with E-state index in [0.29, 0.717) is 5.92 Å². The summed E-state index contributed by atoms with van der Waals surface area (Å²) in [5.74, 6) is 0.529. The first-order valence-corrected chi connectivity index (χ1v) is 10.7. The van der Waals surface area contributed by atoms with Crippen molar-refractivity contribution in [3.63, 3.8) is 0 Å². The second kappa shape index (κ2) is 10.1. The molecule has 0 saturated carbocycles. The highest BCUT2D eigenvalue weighted by Crippen LogP contribution is 2.35. The molecule has 2 aromatic carbocycles. The summed E-state index contributed by atoms with van der Waals surface area (Å²) in [6.45, 7) is 9.06. The Bertz CT molecular complexity index is 620. The van der Waals surface area contributed by atoms with Crippen molar-refractivity contribution in [2.24, 2.45) is 0 Å². The highest BCUT2D eigenvalue weighted by atomic mass is 31.0. The zero-order valence-electron chi connectivity index (χ0n) is 16.6. The number of benzene rings is 2. The maximum atomic E-state index is 2.84. The van der Waals surface area contributed by atoms with Crippen molar-refractivity contribution in [3.05, 3.63) is 69.8 Å². The molecule has 0 amide bonds. The van der Waals surface area contributed by atoms with Crippen LogP contribution < -0.4 is 0 Å². The Morgan fingerprint density at radius 3 is 1.68 bits per heavy atom. The summed E-state index contributed by atoms with van der Waals surface area (Å²) in [6, 6.07) is 13.6. The van der Waals surface area contributed by atoms with Gasteiger partial charge in [0, 0.05) is 5.92 Å². The summed E-state index contributed by atoms with van der Waals surface area (Å²) >= 11 is 0. The molecule has 0 fully saturated rings. The highest BCUT2D eigenvalue weighted by molar-refractivity contribution is 7.16. The second-order valence-electron chi connectivity index (χ2n) is 7.48. The quantitative estimate of drug-likeness (QED) is 0.328. The topological polar surface area (TPSA) is 0 Å². The van der Waals surface area contributed by atoms with Crippen LogP contribution in [0.1, 0.15) is 77.8 Å². The largest absolute Gasteiger partial charge is 0.138 e. The van der Waals surface area contributed by atoms with E-state index in [1.54, 1.807) is 0 Å². The molecule has 2 rings (SSSR count). The average molecular weight is 355 g/mol. The molecule has 0 aliphatic heterocycles. The van der Waals surface area contributed by atoms with E-state index in [1.807, 2.05) is 0 Å². The molecule has 0 radical (unpaired) electrons. The van der Waals surface area contributed by atoms with Crippen molar-refractivity contribution in [1.82, 2.24) is 0 Å². The van der Waals surface area contributed by atoms with Crippen LogP contribution in [-0.4, -0.2) is 6.16 Å². The van der Waals surface area contributed by atoms with Crippen molar-refractivity contribution in [1.29, 1.82) is 0 Å². The molecule has 0 N–H and O–H groups in total. The molecule has 0 spiro atoms. The summed E-state index contributed by atoms with van der Waals surface area (Å²) in [5.41, 5.74) is 8.81. The predicted molar refractivity (Wildman–Crippen MR) is 116 cm³/mol. The molecule has 25 heavy (non-hydrogen) atoms. The van der Waals surface area contributed by atoms with Crippen molar-refractivity contribution in [3.8, 4) is 0 Å². The van der Waals surface area contributed by atoms with Gasteiger partial charge in [0.05, 0.1) is 0 Å². The SMILES string of the molecule is Cc1cccc(C(CCCCCCCP)c2cccc(C)c2C)c1C. The van der Waals surface area contributed by atoms with Crippen LogP contribution in [0, 0.1) is 27.7 Å². The molecule has 136 valence electrons. The normalized spacial score (nSPS) is 11.3. The number of hydrogen-bond acceptors (Lipinski definition) is 0. The molecular weight excluding hydrogens is 319 g/mol. The first-order chi connectivity index (χ1) is 12.1. The van der Waals surface area contributed by atoms with E-state index in [-0.39, 0.29) is 0 Å². The number of rotatable bonds is 9. The van der Waals surface area contributed by atoms with E-state index in [1.165, 1.54) is 78.1 Å².